The van der Waals surface area contributed by atoms with Gasteiger partial charge >= 0.3 is 5.97 Å². The van der Waals surface area contributed by atoms with Crippen molar-refractivity contribution >= 4 is 45.6 Å². The molecule has 0 saturated heterocycles. The number of amides is 1. The van der Waals surface area contributed by atoms with E-state index in [9.17, 15) is 14.4 Å². The Morgan fingerprint density at radius 1 is 1.08 bits per heavy atom. The summed E-state index contributed by atoms with van der Waals surface area (Å²) in [5, 5.41) is 6.15. The first kappa shape index (κ1) is 44.9. The Kier molecular flexibility index (Phi) is 21.6. The summed E-state index contributed by atoms with van der Waals surface area (Å²) < 4.78 is 14.8. The monoisotopic (exact) mass is 731 g/mol. The number of allylic oxidation sites excluding steroid dienone is 1. The minimum absolute atomic E-state index is 0.0457. The van der Waals surface area contributed by atoms with Crippen molar-refractivity contribution in [1.82, 2.24) is 5.32 Å². The first-order chi connectivity index (χ1) is 23.7. The van der Waals surface area contributed by atoms with Gasteiger partial charge in [-0.1, -0.05) is 86.9 Å². The smallest absolute Gasteiger partial charge is 0.302 e. The van der Waals surface area contributed by atoms with E-state index in [1.807, 2.05) is 43.4 Å². The molecule has 1 aliphatic carbocycles. The largest absolute Gasteiger partial charge is 0.495 e. The molecule has 0 aliphatic heterocycles. The van der Waals surface area contributed by atoms with Crippen molar-refractivity contribution in [2.75, 3.05) is 38.3 Å². The number of ether oxygens (including phenoxy) is 3. The van der Waals surface area contributed by atoms with E-state index < -0.39 is 0 Å². The van der Waals surface area contributed by atoms with Gasteiger partial charge in [0.1, 0.15) is 18.5 Å². The molecule has 9 nitrogen and oxygen atoms in total. The fourth-order valence-electron chi connectivity index (χ4n) is 5.25. The zero-order valence-corrected chi connectivity index (χ0v) is 33.3. The number of carbonyl (C=O) groups is 3. The first-order valence-corrected chi connectivity index (χ1v) is 19.6. The van der Waals surface area contributed by atoms with Crippen LogP contribution in [0.25, 0.3) is 0 Å². The molecule has 11 heteroatoms. The van der Waals surface area contributed by atoms with Gasteiger partial charge in [-0.2, -0.15) is 0 Å². The molecule has 1 fully saturated rings. The van der Waals surface area contributed by atoms with E-state index in [0.29, 0.717) is 32.6 Å². The molecule has 50 heavy (non-hydrogen) atoms. The molecule has 3 rings (SSSR count). The number of nitrogens with one attached hydrogen (secondary N) is 2. The summed E-state index contributed by atoms with van der Waals surface area (Å²) in [6.07, 6.45) is 8.03. The predicted molar refractivity (Wildman–Crippen MR) is 210 cm³/mol. The van der Waals surface area contributed by atoms with Gasteiger partial charge in [0.25, 0.3) is 6.47 Å². The van der Waals surface area contributed by atoms with Gasteiger partial charge in [-0.25, -0.2) is 0 Å². The van der Waals surface area contributed by atoms with E-state index in [1.165, 1.54) is 18.1 Å². The molecular formula is C39H61N3O6S2. The van der Waals surface area contributed by atoms with Gasteiger partial charge in [-0.3, -0.25) is 14.4 Å². The van der Waals surface area contributed by atoms with Gasteiger partial charge in [-0.15, -0.1) is 0 Å². The number of methoxy groups -OCH3 is 1. The van der Waals surface area contributed by atoms with E-state index in [1.54, 1.807) is 28.7 Å². The lowest BCUT2D eigenvalue weighted by atomic mass is 9.73. The molecule has 1 saturated carbocycles. The highest BCUT2D eigenvalue weighted by molar-refractivity contribution is 8.76. The number of carbonyl (C=O) groups excluding carboxylic acids is 3. The summed E-state index contributed by atoms with van der Waals surface area (Å²) in [6, 6.07) is 13.9. The van der Waals surface area contributed by atoms with Crippen molar-refractivity contribution in [3.05, 3.63) is 65.2 Å². The van der Waals surface area contributed by atoms with E-state index in [4.69, 9.17) is 19.9 Å². The molecule has 4 N–H and O–H groups in total. The summed E-state index contributed by atoms with van der Waals surface area (Å²) in [6.45, 7) is 16.7. The van der Waals surface area contributed by atoms with Gasteiger partial charge < -0.3 is 30.6 Å². The Labute approximate surface area is 309 Å². The van der Waals surface area contributed by atoms with Crippen molar-refractivity contribution in [2.24, 2.45) is 16.6 Å². The topological polar surface area (TPSA) is 129 Å². The highest BCUT2D eigenvalue weighted by Gasteiger charge is 2.30. The third kappa shape index (κ3) is 20.5. The first-order valence-electron chi connectivity index (χ1n) is 17.3. The van der Waals surface area contributed by atoms with E-state index in [2.05, 4.69) is 64.3 Å². The van der Waals surface area contributed by atoms with Crippen molar-refractivity contribution in [1.29, 1.82) is 0 Å². The number of aryl methyl sites for hydroxylation is 1. The van der Waals surface area contributed by atoms with Gasteiger partial charge in [0.2, 0.25) is 5.91 Å². The van der Waals surface area contributed by atoms with Crippen LogP contribution < -0.4 is 21.1 Å². The average molecular weight is 732 g/mol. The Morgan fingerprint density at radius 2 is 1.78 bits per heavy atom. The maximum atomic E-state index is 12.2. The molecule has 2 aromatic rings. The van der Waals surface area contributed by atoms with Crippen LogP contribution >= 0.6 is 21.6 Å². The molecule has 280 valence electrons. The quantitative estimate of drug-likeness (QED) is 0.0425. The molecule has 1 unspecified atom stereocenters. The summed E-state index contributed by atoms with van der Waals surface area (Å²) in [4.78, 5) is 33.9. The van der Waals surface area contributed by atoms with Gasteiger partial charge in [-0.05, 0) is 84.5 Å². The van der Waals surface area contributed by atoms with Crippen LogP contribution in [-0.2, 0) is 30.5 Å². The molecule has 0 aromatic heterocycles. The highest BCUT2D eigenvalue weighted by Crippen LogP contribution is 2.36. The molecule has 2 aromatic carbocycles. The molecule has 1 atom stereocenters. The Hall–Kier alpha value is -3.15. The summed E-state index contributed by atoms with van der Waals surface area (Å²) in [7, 11) is 6.87. The highest BCUT2D eigenvalue weighted by atomic mass is 33.1. The molecule has 0 spiro atoms. The van der Waals surface area contributed by atoms with Crippen molar-refractivity contribution in [3.63, 3.8) is 0 Å². The minimum atomic E-state index is -0.278. The summed E-state index contributed by atoms with van der Waals surface area (Å²) in [5.74, 6) is 1.46. The molecule has 0 heterocycles. The zero-order valence-electron chi connectivity index (χ0n) is 31.7. The Balaban J connectivity index is 0.000000478. The van der Waals surface area contributed by atoms with Gasteiger partial charge in [0.15, 0.2) is 0 Å². The lowest BCUT2D eigenvalue weighted by molar-refractivity contribution is -0.142. The number of hydrogen-bond acceptors (Lipinski definition) is 10. The maximum Gasteiger partial charge on any atom is 0.302 e. The number of rotatable bonds is 19. The lowest BCUT2D eigenvalue weighted by Gasteiger charge is -2.35. The van der Waals surface area contributed by atoms with Crippen LogP contribution in [0.2, 0.25) is 0 Å². The third-order valence-electron chi connectivity index (χ3n) is 7.69. The fraction of sp³-hybridized carbons (Fsp3) is 0.564. The van der Waals surface area contributed by atoms with E-state index >= 15 is 0 Å². The van der Waals surface area contributed by atoms with Crippen LogP contribution in [0.4, 0.5) is 5.69 Å². The molecule has 0 radical (unpaired) electrons. The van der Waals surface area contributed by atoms with Crippen LogP contribution in [0.1, 0.15) is 91.2 Å². The second kappa shape index (κ2) is 24.1. The fourth-order valence-corrected chi connectivity index (χ4v) is 7.23. The lowest BCUT2D eigenvalue weighted by Crippen LogP contribution is -2.37. The van der Waals surface area contributed by atoms with Crippen molar-refractivity contribution < 1.29 is 28.6 Å². The van der Waals surface area contributed by atoms with Gasteiger partial charge in [0.05, 0.1) is 12.8 Å². The molecule has 1 aliphatic rings. The Bertz CT molecular complexity index is 1330. The number of benzene rings is 2. The summed E-state index contributed by atoms with van der Waals surface area (Å²) >= 11 is 0. The standard InChI is InChI=1S/C22H36N2O3S2.C9H13NO.C8H12O2/c1-17(25)27-14-18-6-8-19(9-7-18)29-28-13-10-20(26)24-16-22(4,5)15-21(2,3)11-12-23;1-7-4-5-9(11-3)8(6-7)10-2;1-2-3-4-7-5-8(7)10-6-9/h6-9H,10-16,23H2,1-5H3,(H,24,26);4-6,10H,1-3H3;4,6,8H,2-3,5H2,1H3/b;;7-4-. The van der Waals surface area contributed by atoms with Crippen LogP contribution in [0.15, 0.2) is 59.0 Å². The van der Waals surface area contributed by atoms with E-state index in [0.717, 1.165) is 59.8 Å². The van der Waals surface area contributed by atoms with Gasteiger partial charge in [0, 0.05) is 44.0 Å². The van der Waals surface area contributed by atoms with E-state index in [-0.39, 0.29) is 28.8 Å². The second-order valence-electron chi connectivity index (χ2n) is 13.8. The predicted octanol–water partition coefficient (Wildman–Crippen LogP) is 8.49. The summed E-state index contributed by atoms with van der Waals surface area (Å²) in [5.41, 5.74) is 10.5. The van der Waals surface area contributed by atoms with Crippen molar-refractivity contribution in [2.45, 2.75) is 105 Å². The second-order valence-corrected chi connectivity index (χ2v) is 16.3. The minimum Gasteiger partial charge on any atom is -0.495 e. The SMILES string of the molecule is CC(=O)OCc1ccc(SSCCC(=O)NCC(C)(C)CC(C)(C)CCN)cc1.CCC/C=C1/CC1OC=O.CNc1cc(C)ccc1OC. The third-order valence-corrected chi connectivity index (χ3v) is 10.1. The zero-order chi connectivity index (χ0) is 37.6. The maximum absolute atomic E-state index is 12.2. The average Bonchev–Trinajstić information content (AvgIpc) is 3.82. The normalized spacial score (nSPS) is 14.3. The van der Waals surface area contributed by atoms with Crippen LogP contribution in [-0.4, -0.2) is 57.5 Å². The number of esters is 1. The molecular weight excluding hydrogens is 671 g/mol. The van der Waals surface area contributed by atoms with Crippen LogP contribution in [0.3, 0.4) is 0 Å². The number of anilines is 1. The van der Waals surface area contributed by atoms with Crippen molar-refractivity contribution in [3.8, 4) is 5.75 Å². The van der Waals surface area contributed by atoms with Crippen LogP contribution in [0.5, 0.6) is 5.75 Å². The molecule has 1 amide bonds. The number of unbranched alkanes of at least 4 members (excludes halogenated alkanes) is 1. The number of nitrogens with two attached hydrogens (primary N) is 1. The number of hydrogen-bond donors (Lipinski definition) is 3. The molecule has 0 bridgehead atoms. The van der Waals surface area contributed by atoms with Crippen LogP contribution in [0, 0.1) is 17.8 Å². The Morgan fingerprint density at radius 3 is 2.36 bits per heavy atom.